The van der Waals surface area contributed by atoms with Crippen LogP contribution in [0.4, 0.5) is 0 Å². The molecule has 0 aromatic heterocycles. The van der Waals surface area contributed by atoms with E-state index < -0.39 is 5.97 Å². The van der Waals surface area contributed by atoms with Crippen molar-refractivity contribution in [3.8, 4) is 0 Å². The summed E-state index contributed by atoms with van der Waals surface area (Å²) in [5.74, 6) is -0.167. The summed E-state index contributed by atoms with van der Waals surface area (Å²) in [7, 11) is 0. The number of amides is 1. The van der Waals surface area contributed by atoms with Crippen LogP contribution in [0.25, 0.3) is 0 Å². The van der Waals surface area contributed by atoms with Crippen LogP contribution in [0.3, 0.4) is 0 Å². The molecule has 114 valence electrons. The van der Waals surface area contributed by atoms with E-state index in [2.05, 4.69) is 10.6 Å². The van der Waals surface area contributed by atoms with Gasteiger partial charge < -0.3 is 15.7 Å². The Bertz CT molecular complexity index is 340. The molecule has 5 nitrogen and oxygen atoms in total. The van der Waals surface area contributed by atoms with Crippen molar-refractivity contribution in [1.82, 2.24) is 10.6 Å². The molecule has 2 rings (SSSR count). The molecule has 20 heavy (non-hydrogen) atoms. The Hall–Kier alpha value is -1.10. The Morgan fingerprint density at radius 3 is 2.75 bits per heavy atom. The van der Waals surface area contributed by atoms with Crippen molar-refractivity contribution in [2.45, 2.75) is 44.9 Å². The standard InChI is InChI=1S/C15H26N2O3/c18-14(7-6-11-3-2-8-16-9-11)17-10-12-4-1-5-13(12)15(19)20/h11-13,16H,1-10H2,(H,17,18)(H,19,20). The zero-order valence-electron chi connectivity index (χ0n) is 12.1. The first-order valence-electron chi connectivity index (χ1n) is 7.87. The summed E-state index contributed by atoms with van der Waals surface area (Å²) in [5.41, 5.74) is 0. The summed E-state index contributed by atoms with van der Waals surface area (Å²) < 4.78 is 0. The highest BCUT2D eigenvalue weighted by Gasteiger charge is 2.32. The summed E-state index contributed by atoms with van der Waals surface area (Å²) >= 11 is 0. The van der Waals surface area contributed by atoms with Crippen molar-refractivity contribution in [3.05, 3.63) is 0 Å². The number of nitrogens with one attached hydrogen (secondary N) is 2. The minimum absolute atomic E-state index is 0.0756. The minimum atomic E-state index is -0.713. The molecule has 0 bridgehead atoms. The molecule has 1 aliphatic carbocycles. The van der Waals surface area contributed by atoms with Gasteiger partial charge in [-0.05, 0) is 57.0 Å². The van der Waals surface area contributed by atoms with E-state index in [1.54, 1.807) is 0 Å². The molecule has 1 saturated carbocycles. The van der Waals surface area contributed by atoms with Crippen molar-refractivity contribution in [2.75, 3.05) is 19.6 Å². The summed E-state index contributed by atoms with van der Waals surface area (Å²) in [6.07, 6.45) is 6.56. The van der Waals surface area contributed by atoms with Crippen LogP contribution in [-0.4, -0.2) is 36.6 Å². The number of carboxylic acid groups (broad SMARTS) is 1. The molecular weight excluding hydrogens is 256 g/mol. The normalized spacial score (nSPS) is 30.1. The molecule has 1 aliphatic heterocycles. The van der Waals surface area contributed by atoms with E-state index in [0.29, 0.717) is 18.9 Å². The molecule has 2 aliphatic rings. The van der Waals surface area contributed by atoms with E-state index in [4.69, 9.17) is 5.11 Å². The van der Waals surface area contributed by atoms with Crippen molar-refractivity contribution < 1.29 is 14.7 Å². The average Bonchev–Trinajstić information content (AvgIpc) is 2.92. The zero-order chi connectivity index (χ0) is 14.4. The fraction of sp³-hybridized carbons (Fsp3) is 0.867. The van der Waals surface area contributed by atoms with E-state index >= 15 is 0 Å². The maximum absolute atomic E-state index is 11.8. The number of rotatable bonds is 6. The fourth-order valence-corrected chi connectivity index (χ4v) is 3.45. The Balaban J connectivity index is 1.63. The van der Waals surface area contributed by atoms with E-state index in [1.165, 1.54) is 12.8 Å². The van der Waals surface area contributed by atoms with Crippen LogP contribution in [0.5, 0.6) is 0 Å². The van der Waals surface area contributed by atoms with Gasteiger partial charge in [-0.3, -0.25) is 9.59 Å². The Labute approximate surface area is 120 Å². The lowest BCUT2D eigenvalue weighted by atomic mass is 9.94. The third-order valence-electron chi connectivity index (χ3n) is 4.72. The topological polar surface area (TPSA) is 78.4 Å². The van der Waals surface area contributed by atoms with Crippen LogP contribution in [0.2, 0.25) is 0 Å². The van der Waals surface area contributed by atoms with Gasteiger partial charge in [-0.2, -0.15) is 0 Å². The van der Waals surface area contributed by atoms with Gasteiger partial charge in [0.15, 0.2) is 0 Å². The van der Waals surface area contributed by atoms with Gasteiger partial charge in [-0.1, -0.05) is 6.42 Å². The summed E-state index contributed by atoms with van der Waals surface area (Å²) in [6.45, 7) is 2.65. The summed E-state index contributed by atoms with van der Waals surface area (Å²) in [4.78, 5) is 22.9. The van der Waals surface area contributed by atoms with Crippen LogP contribution < -0.4 is 10.6 Å². The fourth-order valence-electron chi connectivity index (χ4n) is 3.45. The lowest BCUT2D eigenvalue weighted by Gasteiger charge is -2.22. The molecule has 1 saturated heterocycles. The molecule has 0 aromatic carbocycles. The number of hydrogen-bond donors (Lipinski definition) is 3. The zero-order valence-corrected chi connectivity index (χ0v) is 12.1. The summed E-state index contributed by atoms with van der Waals surface area (Å²) in [6, 6.07) is 0. The maximum atomic E-state index is 11.8. The van der Waals surface area contributed by atoms with E-state index in [0.717, 1.165) is 38.8 Å². The lowest BCUT2D eigenvalue weighted by molar-refractivity contribution is -0.143. The van der Waals surface area contributed by atoms with Crippen molar-refractivity contribution in [3.63, 3.8) is 0 Å². The van der Waals surface area contributed by atoms with Crippen LogP contribution >= 0.6 is 0 Å². The lowest BCUT2D eigenvalue weighted by Crippen LogP contribution is -2.34. The van der Waals surface area contributed by atoms with Gasteiger partial charge in [0.25, 0.3) is 0 Å². The first-order chi connectivity index (χ1) is 9.66. The van der Waals surface area contributed by atoms with Crippen molar-refractivity contribution in [1.29, 1.82) is 0 Å². The number of aliphatic carboxylic acids is 1. The van der Waals surface area contributed by atoms with Gasteiger partial charge in [0, 0.05) is 13.0 Å². The van der Waals surface area contributed by atoms with Crippen molar-refractivity contribution >= 4 is 11.9 Å². The average molecular weight is 282 g/mol. The Morgan fingerprint density at radius 1 is 1.20 bits per heavy atom. The highest BCUT2D eigenvalue weighted by atomic mass is 16.4. The second kappa shape index (κ2) is 7.62. The SMILES string of the molecule is O=C(CCC1CCCNC1)NCC1CCCC1C(=O)O. The first kappa shape index (κ1) is 15.3. The molecule has 0 radical (unpaired) electrons. The quantitative estimate of drug-likeness (QED) is 0.688. The molecule has 1 amide bonds. The van der Waals surface area contributed by atoms with Crippen LogP contribution in [0.15, 0.2) is 0 Å². The molecule has 5 heteroatoms. The van der Waals surface area contributed by atoms with Crippen LogP contribution in [-0.2, 0) is 9.59 Å². The Kier molecular flexibility index (Phi) is 5.83. The number of carboxylic acids is 1. The molecular formula is C15H26N2O3. The van der Waals surface area contributed by atoms with E-state index in [9.17, 15) is 9.59 Å². The third kappa shape index (κ3) is 4.47. The molecule has 0 spiro atoms. The monoisotopic (exact) mass is 282 g/mol. The third-order valence-corrected chi connectivity index (χ3v) is 4.72. The summed E-state index contributed by atoms with van der Waals surface area (Å²) in [5, 5.41) is 15.4. The smallest absolute Gasteiger partial charge is 0.306 e. The van der Waals surface area contributed by atoms with Gasteiger partial charge >= 0.3 is 5.97 Å². The molecule has 2 fully saturated rings. The number of hydrogen-bond acceptors (Lipinski definition) is 3. The van der Waals surface area contributed by atoms with Crippen LogP contribution in [0.1, 0.15) is 44.9 Å². The molecule has 0 aromatic rings. The minimum Gasteiger partial charge on any atom is -0.481 e. The molecule has 3 N–H and O–H groups in total. The predicted molar refractivity (Wildman–Crippen MR) is 76.3 cm³/mol. The van der Waals surface area contributed by atoms with Gasteiger partial charge in [-0.15, -0.1) is 0 Å². The second-order valence-corrected chi connectivity index (χ2v) is 6.19. The number of carbonyl (C=O) groups excluding carboxylic acids is 1. The van der Waals surface area contributed by atoms with Crippen LogP contribution in [0, 0.1) is 17.8 Å². The second-order valence-electron chi connectivity index (χ2n) is 6.19. The first-order valence-corrected chi connectivity index (χ1v) is 7.87. The van der Waals surface area contributed by atoms with Gasteiger partial charge in [0.1, 0.15) is 0 Å². The number of piperidine rings is 1. The predicted octanol–water partition coefficient (Wildman–Crippen LogP) is 1.38. The maximum Gasteiger partial charge on any atom is 0.306 e. The highest BCUT2D eigenvalue weighted by Crippen LogP contribution is 2.31. The highest BCUT2D eigenvalue weighted by molar-refractivity contribution is 5.76. The number of carbonyl (C=O) groups is 2. The Morgan fingerprint density at radius 2 is 2.05 bits per heavy atom. The van der Waals surface area contributed by atoms with E-state index in [1.807, 2.05) is 0 Å². The molecule has 3 unspecified atom stereocenters. The largest absolute Gasteiger partial charge is 0.481 e. The van der Waals surface area contributed by atoms with Gasteiger partial charge in [0.05, 0.1) is 5.92 Å². The molecule has 1 heterocycles. The van der Waals surface area contributed by atoms with E-state index in [-0.39, 0.29) is 17.7 Å². The van der Waals surface area contributed by atoms with Gasteiger partial charge in [0.2, 0.25) is 5.91 Å². The van der Waals surface area contributed by atoms with Crippen molar-refractivity contribution in [2.24, 2.45) is 17.8 Å². The van der Waals surface area contributed by atoms with Gasteiger partial charge in [-0.25, -0.2) is 0 Å². The molecule has 3 atom stereocenters.